The Kier molecular flexibility index (Phi) is 7.22. The Balaban J connectivity index is 1.64. The SMILES string of the molecule is Cc1ccc(NC(=S)NCCCN(C)Cc2ccccc2)cc1C. The van der Waals surface area contributed by atoms with Crippen molar-refractivity contribution in [1.82, 2.24) is 10.2 Å². The van der Waals surface area contributed by atoms with Crippen LogP contribution in [-0.4, -0.2) is 30.1 Å². The monoisotopic (exact) mass is 341 g/mol. The molecule has 2 rings (SSSR count). The Labute approximate surface area is 151 Å². The summed E-state index contributed by atoms with van der Waals surface area (Å²) in [4.78, 5) is 2.33. The van der Waals surface area contributed by atoms with Gasteiger partial charge in [0.1, 0.15) is 0 Å². The lowest BCUT2D eigenvalue weighted by atomic mass is 10.1. The number of anilines is 1. The molecule has 3 nitrogen and oxygen atoms in total. The minimum Gasteiger partial charge on any atom is -0.362 e. The summed E-state index contributed by atoms with van der Waals surface area (Å²) in [6.07, 6.45) is 1.05. The maximum absolute atomic E-state index is 5.36. The van der Waals surface area contributed by atoms with E-state index in [4.69, 9.17) is 12.2 Å². The molecule has 0 saturated carbocycles. The quantitative estimate of drug-likeness (QED) is 0.585. The second kappa shape index (κ2) is 9.40. The molecular formula is C20H27N3S. The zero-order valence-electron chi connectivity index (χ0n) is 14.8. The number of nitrogens with one attached hydrogen (secondary N) is 2. The number of hydrogen-bond acceptors (Lipinski definition) is 2. The number of hydrogen-bond donors (Lipinski definition) is 2. The standard InChI is InChI=1S/C20H27N3S/c1-16-10-11-19(14-17(16)2)22-20(24)21-12-7-13-23(3)15-18-8-5-4-6-9-18/h4-6,8-11,14H,7,12-13,15H2,1-3H3,(H2,21,22,24). The second-order valence-electron chi connectivity index (χ2n) is 6.26. The zero-order chi connectivity index (χ0) is 17.4. The smallest absolute Gasteiger partial charge is 0.170 e. The van der Waals surface area contributed by atoms with Gasteiger partial charge in [0.05, 0.1) is 0 Å². The van der Waals surface area contributed by atoms with Gasteiger partial charge in [0, 0.05) is 18.8 Å². The molecule has 4 heteroatoms. The number of benzene rings is 2. The van der Waals surface area contributed by atoms with E-state index in [0.29, 0.717) is 5.11 Å². The average molecular weight is 342 g/mol. The first-order valence-corrected chi connectivity index (χ1v) is 8.80. The van der Waals surface area contributed by atoms with E-state index in [2.05, 4.69) is 85.0 Å². The van der Waals surface area contributed by atoms with Crippen LogP contribution < -0.4 is 10.6 Å². The molecule has 0 fully saturated rings. The third kappa shape index (κ3) is 6.30. The highest BCUT2D eigenvalue weighted by atomic mass is 32.1. The molecule has 2 aromatic carbocycles. The average Bonchev–Trinajstić information content (AvgIpc) is 2.56. The van der Waals surface area contributed by atoms with Crippen molar-refractivity contribution in [2.75, 3.05) is 25.5 Å². The molecule has 0 spiro atoms. The van der Waals surface area contributed by atoms with Gasteiger partial charge in [-0.1, -0.05) is 36.4 Å². The van der Waals surface area contributed by atoms with E-state index in [1.807, 2.05) is 0 Å². The van der Waals surface area contributed by atoms with Crippen LogP contribution in [0.4, 0.5) is 5.69 Å². The van der Waals surface area contributed by atoms with Crippen molar-refractivity contribution in [3.8, 4) is 0 Å². The predicted molar refractivity (Wildman–Crippen MR) is 108 cm³/mol. The van der Waals surface area contributed by atoms with Crippen molar-refractivity contribution < 1.29 is 0 Å². The van der Waals surface area contributed by atoms with E-state index in [9.17, 15) is 0 Å². The van der Waals surface area contributed by atoms with Gasteiger partial charge in [-0.2, -0.15) is 0 Å². The summed E-state index contributed by atoms with van der Waals surface area (Å²) in [5.74, 6) is 0. The fraction of sp³-hybridized carbons (Fsp3) is 0.350. The van der Waals surface area contributed by atoms with Crippen LogP contribution in [0.2, 0.25) is 0 Å². The Morgan fingerprint density at radius 3 is 2.50 bits per heavy atom. The van der Waals surface area contributed by atoms with Crippen molar-refractivity contribution in [1.29, 1.82) is 0 Å². The van der Waals surface area contributed by atoms with Gasteiger partial charge in [-0.05, 0) is 74.9 Å². The molecule has 0 saturated heterocycles. The molecule has 0 heterocycles. The molecule has 0 bridgehead atoms. The number of aryl methyl sites for hydroxylation is 2. The second-order valence-corrected chi connectivity index (χ2v) is 6.67. The van der Waals surface area contributed by atoms with Gasteiger partial charge in [-0.3, -0.25) is 0 Å². The minimum absolute atomic E-state index is 0.684. The van der Waals surface area contributed by atoms with Gasteiger partial charge in [-0.15, -0.1) is 0 Å². The van der Waals surface area contributed by atoms with Gasteiger partial charge in [-0.25, -0.2) is 0 Å². The van der Waals surface area contributed by atoms with Crippen LogP contribution in [-0.2, 0) is 6.54 Å². The molecule has 0 aliphatic rings. The van der Waals surface area contributed by atoms with Gasteiger partial charge >= 0.3 is 0 Å². The molecule has 0 aliphatic carbocycles. The lowest BCUT2D eigenvalue weighted by molar-refractivity contribution is 0.322. The maximum atomic E-state index is 5.36. The number of nitrogens with zero attached hydrogens (tertiary/aromatic N) is 1. The van der Waals surface area contributed by atoms with Crippen LogP contribution in [0, 0.1) is 13.8 Å². The van der Waals surface area contributed by atoms with Crippen molar-refractivity contribution in [3.63, 3.8) is 0 Å². The molecule has 0 amide bonds. The molecule has 2 N–H and O–H groups in total. The van der Waals surface area contributed by atoms with Gasteiger partial charge in [0.15, 0.2) is 5.11 Å². The number of thiocarbonyl (C=S) groups is 1. The van der Waals surface area contributed by atoms with E-state index >= 15 is 0 Å². The normalized spacial score (nSPS) is 10.7. The summed E-state index contributed by atoms with van der Waals surface area (Å²) < 4.78 is 0. The van der Waals surface area contributed by atoms with Gasteiger partial charge < -0.3 is 15.5 Å². The van der Waals surface area contributed by atoms with Gasteiger partial charge in [0.2, 0.25) is 0 Å². The van der Waals surface area contributed by atoms with Crippen molar-refractivity contribution in [2.24, 2.45) is 0 Å². The third-order valence-electron chi connectivity index (χ3n) is 4.06. The summed E-state index contributed by atoms with van der Waals surface area (Å²) in [5.41, 5.74) is 4.95. The van der Waals surface area contributed by atoms with Crippen LogP contribution >= 0.6 is 12.2 Å². The Bertz CT molecular complexity index is 655. The minimum atomic E-state index is 0.684. The summed E-state index contributed by atoms with van der Waals surface area (Å²) in [7, 11) is 2.15. The Morgan fingerprint density at radius 1 is 1.04 bits per heavy atom. The van der Waals surface area contributed by atoms with Crippen LogP contribution in [0.15, 0.2) is 48.5 Å². The lowest BCUT2D eigenvalue weighted by Gasteiger charge is -2.17. The highest BCUT2D eigenvalue weighted by Gasteiger charge is 2.02. The van der Waals surface area contributed by atoms with Crippen LogP contribution in [0.3, 0.4) is 0 Å². The molecular weight excluding hydrogens is 314 g/mol. The summed E-state index contributed by atoms with van der Waals surface area (Å²) >= 11 is 5.36. The summed E-state index contributed by atoms with van der Waals surface area (Å²) in [5, 5.41) is 7.21. The highest BCUT2D eigenvalue weighted by Crippen LogP contribution is 2.13. The third-order valence-corrected chi connectivity index (χ3v) is 4.31. The van der Waals surface area contributed by atoms with Crippen molar-refractivity contribution in [2.45, 2.75) is 26.8 Å². The Morgan fingerprint density at radius 2 is 1.79 bits per heavy atom. The summed E-state index contributed by atoms with van der Waals surface area (Å²) in [6, 6.07) is 16.8. The maximum Gasteiger partial charge on any atom is 0.170 e. The molecule has 0 atom stereocenters. The van der Waals surface area contributed by atoms with E-state index in [1.165, 1.54) is 16.7 Å². The van der Waals surface area contributed by atoms with Crippen molar-refractivity contribution in [3.05, 3.63) is 65.2 Å². The van der Waals surface area contributed by atoms with E-state index in [-0.39, 0.29) is 0 Å². The highest BCUT2D eigenvalue weighted by molar-refractivity contribution is 7.80. The van der Waals surface area contributed by atoms with Crippen molar-refractivity contribution >= 4 is 23.0 Å². The van der Waals surface area contributed by atoms with Crippen LogP contribution in [0.25, 0.3) is 0 Å². The molecule has 128 valence electrons. The fourth-order valence-electron chi connectivity index (χ4n) is 2.52. The topological polar surface area (TPSA) is 27.3 Å². The molecule has 0 aromatic heterocycles. The number of rotatable bonds is 7. The molecule has 0 aliphatic heterocycles. The van der Waals surface area contributed by atoms with Crippen LogP contribution in [0.5, 0.6) is 0 Å². The van der Waals surface area contributed by atoms with Crippen LogP contribution in [0.1, 0.15) is 23.1 Å². The molecule has 0 radical (unpaired) electrons. The first-order chi connectivity index (χ1) is 11.5. The van der Waals surface area contributed by atoms with E-state index in [1.54, 1.807) is 0 Å². The lowest BCUT2D eigenvalue weighted by Crippen LogP contribution is -2.31. The van der Waals surface area contributed by atoms with E-state index < -0.39 is 0 Å². The Hall–Kier alpha value is -1.91. The summed E-state index contributed by atoms with van der Waals surface area (Å²) in [6.45, 7) is 7.11. The van der Waals surface area contributed by atoms with Gasteiger partial charge in [0.25, 0.3) is 0 Å². The zero-order valence-corrected chi connectivity index (χ0v) is 15.6. The predicted octanol–water partition coefficient (Wildman–Crippen LogP) is 4.11. The van der Waals surface area contributed by atoms with E-state index in [0.717, 1.165) is 31.7 Å². The largest absolute Gasteiger partial charge is 0.362 e. The molecule has 24 heavy (non-hydrogen) atoms. The first-order valence-electron chi connectivity index (χ1n) is 8.39. The molecule has 2 aromatic rings. The molecule has 0 unspecified atom stereocenters. The first kappa shape index (κ1) is 18.4. The fourth-order valence-corrected chi connectivity index (χ4v) is 2.74.